The molecule has 1 unspecified atom stereocenters. The van der Waals surface area contributed by atoms with Crippen LogP contribution in [0, 0.1) is 16.0 Å². The molecule has 0 saturated heterocycles. The zero-order valence-corrected chi connectivity index (χ0v) is 15.6. The van der Waals surface area contributed by atoms with Crippen molar-refractivity contribution in [2.45, 2.75) is 20.0 Å². The number of carbonyl (C=O) groups excluding carboxylic acids is 1. The highest BCUT2D eigenvalue weighted by Crippen LogP contribution is 2.31. The first kappa shape index (κ1) is 19.4. The second kappa shape index (κ2) is 9.03. The first-order chi connectivity index (χ1) is 13.6. The monoisotopic (exact) mass is 382 g/mol. The standard InChI is InChI=1S/C21H22N2O5/c1-2-27-21(24)19(13-23(25)26)17-10-16-11-18(8-9-20(16)22-12-17)28-14-15-6-4-3-5-7-15/h3-9,11-12,19,22H,2,10,13-14H2,1H3. The molecule has 1 N–H and O–H groups in total. The lowest BCUT2D eigenvalue weighted by molar-refractivity contribution is -0.484. The summed E-state index contributed by atoms with van der Waals surface area (Å²) in [5.74, 6) is -0.788. The van der Waals surface area contributed by atoms with Gasteiger partial charge in [0.15, 0.2) is 0 Å². The highest BCUT2D eigenvalue weighted by atomic mass is 16.6. The first-order valence-corrected chi connectivity index (χ1v) is 9.10. The maximum Gasteiger partial charge on any atom is 0.319 e. The summed E-state index contributed by atoms with van der Waals surface area (Å²) >= 11 is 0. The van der Waals surface area contributed by atoms with Crippen LogP contribution in [-0.4, -0.2) is 24.0 Å². The van der Waals surface area contributed by atoms with E-state index >= 15 is 0 Å². The van der Waals surface area contributed by atoms with Crippen molar-refractivity contribution in [2.24, 2.45) is 5.92 Å². The zero-order valence-electron chi connectivity index (χ0n) is 15.6. The fraction of sp³-hybridized carbons (Fsp3) is 0.286. The largest absolute Gasteiger partial charge is 0.489 e. The molecule has 0 saturated carbocycles. The molecular weight excluding hydrogens is 360 g/mol. The van der Waals surface area contributed by atoms with Gasteiger partial charge in [-0.1, -0.05) is 30.3 Å². The molecule has 0 amide bonds. The second-order valence-corrected chi connectivity index (χ2v) is 6.45. The van der Waals surface area contributed by atoms with E-state index in [0.717, 1.165) is 16.8 Å². The summed E-state index contributed by atoms with van der Waals surface area (Å²) < 4.78 is 10.9. The highest BCUT2D eigenvalue weighted by Gasteiger charge is 2.31. The molecule has 1 heterocycles. The summed E-state index contributed by atoms with van der Waals surface area (Å²) in [5, 5.41) is 14.1. The number of nitrogens with zero attached hydrogens (tertiary/aromatic N) is 1. The molecule has 0 bridgehead atoms. The fourth-order valence-electron chi connectivity index (χ4n) is 3.09. The average Bonchev–Trinajstić information content (AvgIpc) is 2.70. The summed E-state index contributed by atoms with van der Waals surface area (Å²) in [5.41, 5.74) is 3.50. The molecule has 1 atom stereocenters. The van der Waals surface area contributed by atoms with E-state index in [1.807, 2.05) is 48.5 Å². The third-order valence-electron chi connectivity index (χ3n) is 4.48. The Morgan fingerprint density at radius 3 is 2.75 bits per heavy atom. The Morgan fingerprint density at radius 1 is 1.25 bits per heavy atom. The molecule has 2 aromatic carbocycles. The Balaban J connectivity index is 1.73. The molecule has 0 spiro atoms. The van der Waals surface area contributed by atoms with Crippen molar-refractivity contribution in [2.75, 3.05) is 18.5 Å². The predicted molar refractivity (Wildman–Crippen MR) is 105 cm³/mol. The molecule has 146 valence electrons. The number of hydrogen-bond donors (Lipinski definition) is 1. The van der Waals surface area contributed by atoms with Crippen LogP contribution in [0.1, 0.15) is 18.1 Å². The third kappa shape index (κ3) is 4.88. The number of carbonyl (C=O) groups is 1. The number of benzene rings is 2. The molecule has 0 radical (unpaired) electrons. The second-order valence-electron chi connectivity index (χ2n) is 6.45. The molecule has 1 aliphatic heterocycles. The van der Waals surface area contributed by atoms with Gasteiger partial charge in [-0.3, -0.25) is 14.9 Å². The maximum atomic E-state index is 12.2. The van der Waals surface area contributed by atoms with Crippen LogP contribution in [0.3, 0.4) is 0 Å². The SMILES string of the molecule is CCOC(=O)C(C[N+](=O)[O-])C1=CNc2ccc(OCc3ccccc3)cc2C1. The maximum absolute atomic E-state index is 12.2. The van der Waals surface area contributed by atoms with E-state index in [4.69, 9.17) is 9.47 Å². The van der Waals surface area contributed by atoms with Gasteiger partial charge in [0.25, 0.3) is 0 Å². The van der Waals surface area contributed by atoms with Crippen LogP contribution >= 0.6 is 0 Å². The van der Waals surface area contributed by atoms with Crippen LogP contribution < -0.4 is 10.1 Å². The van der Waals surface area contributed by atoms with Gasteiger partial charge in [-0.15, -0.1) is 0 Å². The number of nitrogens with one attached hydrogen (secondary N) is 1. The van der Waals surface area contributed by atoms with Crippen LogP contribution in [0.5, 0.6) is 5.75 Å². The van der Waals surface area contributed by atoms with E-state index in [9.17, 15) is 14.9 Å². The summed E-state index contributed by atoms with van der Waals surface area (Å²) in [6.07, 6.45) is 2.08. The summed E-state index contributed by atoms with van der Waals surface area (Å²) in [6, 6.07) is 15.5. The normalized spacial score (nSPS) is 13.5. The number of nitro groups is 1. The zero-order chi connectivity index (χ0) is 19.9. The predicted octanol–water partition coefficient (Wildman–Crippen LogP) is 3.57. The van der Waals surface area contributed by atoms with Gasteiger partial charge < -0.3 is 14.8 Å². The van der Waals surface area contributed by atoms with E-state index < -0.39 is 23.4 Å². The number of fused-ring (bicyclic) bond motifs is 1. The molecule has 0 aromatic heterocycles. The number of rotatable bonds is 8. The Labute approximate surface area is 163 Å². The molecule has 7 heteroatoms. The van der Waals surface area contributed by atoms with E-state index in [-0.39, 0.29) is 6.61 Å². The van der Waals surface area contributed by atoms with Crippen LogP contribution in [0.15, 0.2) is 60.3 Å². The van der Waals surface area contributed by atoms with Crippen molar-refractivity contribution < 1.29 is 19.2 Å². The van der Waals surface area contributed by atoms with Gasteiger partial charge >= 0.3 is 5.97 Å². The minimum absolute atomic E-state index is 0.182. The molecule has 0 fully saturated rings. The van der Waals surface area contributed by atoms with E-state index in [0.29, 0.717) is 24.4 Å². The van der Waals surface area contributed by atoms with E-state index in [2.05, 4.69) is 5.32 Å². The molecule has 1 aliphatic rings. The number of anilines is 1. The lowest BCUT2D eigenvalue weighted by Crippen LogP contribution is -2.29. The Bertz CT molecular complexity index is 880. The molecule has 3 rings (SSSR count). The summed E-state index contributed by atoms with van der Waals surface area (Å²) in [7, 11) is 0. The van der Waals surface area contributed by atoms with Gasteiger partial charge in [0, 0.05) is 16.8 Å². The van der Waals surface area contributed by atoms with Crippen molar-refractivity contribution in [3.8, 4) is 5.75 Å². The molecule has 0 aliphatic carbocycles. The van der Waals surface area contributed by atoms with Gasteiger partial charge in [0.1, 0.15) is 18.3 Å². The Kier molecular flexibility index (Phi) is 6.26. The van der Waals surface area contributed by atoms with Crippen LogP contribution in [0.2, 0.25) is 0 Å². The number of esters is 1. The Hall–Kier alpha value is -3.35. The fourth-order valence-corrected chi connectivity index (χ4v) is 3.09. The average molecular weight is 382 g/mol. The van der Waals surface area contributed by atoms with Crippen LogP contribution in [-0.2, 0) is 22.6 Å². The minimum atomic E-state index is -0.913. The van der Waals surface area contributed by atoms with Crippen molar-refractivity contribution in [1.82, 2.24) is 0 Å². The van der Waals surface area contributed by atoms with Gasteiger partial charge in [-0.2, -0.15) is 0 Å². The number of hydrogen-bond acceptors (Lipinski definition) is 6. The van der Waals surface area contributed by atoms with Gasteiger partial charge in [0.05, 0.1) is 6.61 Å². The molecule has 7 nitrogen and oxygen atoms in total. The van der Waals surface area contributed by atoms with Crippen molar-refractivity contribution in [3.63, 3.8) is 0 Å². The lowest BCUT2D eigenvalue weighted by atomic mass is 9.90. The first-order valence-electron chi connectivity index (χ1n) is 9.10. The summed E-state index contributed by atoms with van der Waals surface area (Å²) in [6.45, 7) is 1.82. The van der Waals surface area contributed by atoms with Crippen LogP contribution in [0.25, 0.3) is 0 Å². The van der Waals surface area contributed by atoms with Crippen molar-refractivity contribution >= 4 is 11.7 Å². The molecule has 2 aromatic rings. The van der Waals surface area contributed by atoms with Crippen LogP contribution in [0.4, 0.5) is 5.69 Å². The topological polar surface area (TPSA) is 90.7 Å². The highest BCUT2D eigenvalue weighted by molar-refractivity contribution is 5.77. The van der Waals surface area contributed by atoms with Gasteiger partial charge in [-0.25, -0.2) is 0 Å². The van der Waals surface area contributed by atoms with E-state index in [1.54, 1.807) is 13.1 Å². The molecular formula is C21H22N2O5. The minimum Gasteiger partial charge on any atom is -0.489 e. The van der Waals surface area contributed by atoms with Crippen molar-refractivity contribution in [1.29, 1.82) is 0 Å². The third-order valence-corrected chi connectivity index (χ3v) is 4.48. The number of ether oxygens (including phenoxy) is 2. The summed E-state index contributed by atoms with van der Waals surface area (Å²) in [4.78, 5) is 22.7. The smallest absolute Gasteiger partial charge is 0.319 e. The Morgan fingerprint density at radius 2 is 2.04 bits per heavy atom. The van der Waals surface area contributed by atoms with E-state index in [1.165, 1.54) is 0 Å². The van der Waals surface area contributed by atoms with Gasteiger partial charge in [-0.05, 0) is 48.2 Å². The molecule has 28 heavy (non-hydrogen) atoms. The quantitative estimate of drug-likeness (QED) is 0.426. The lowest BCUT2D eigenvalue weighted by Gasteiger charge is -2.22. The van der Waals surface area contributed by atoms with Gasteiger partial charge in [0.2, 0.25) is 6.54 Å². The van der Waals surface area contributed by atoms with Crippen molar-refractivity contribution in [3.05, 3.63) is 81.5 Å².